The Morgan fingerprint density at radius 1 is 1.21 bits per heavy atom. The maximum Gasteiger partial charge on any atom is 0.316 e. The second-order valence-electron chi connectivity index (χ2n) is 7.01. The van der Waals surface area contributed by atoms with E-state index in [1.54, 1.807) is 0 Å². The molecule has 0 bridgehead atoms. The maximum atomic E-state index is 11.0. The highest BCUT2D eigenvalue weighted by Crippen LogP contribution is 2.30. The summed E-state index contributed by atoms with van der Waals surface area (Å²) in [5.41, 5.74) is 7.30. The Bertz CT molecular complexity index is 517. The van der Waals surface area contributed by atoms with E-state index in [4.69, 9.17) is 5.73 Å². The predicted molar refractivity (Wildman–Crippen MR) is 101 cm³/mol. The lowest BCUT2D eigenvalue weighted by Gasteiger charge is -2.30. The Hall–Kier alpha value is -1.55. The van der Waals surface area contributed by atoms with Crippen molar-refractivity contribution in [1.29, 1.82) is 0 Å². The number of rotatable bonds is 9. The van der Waals surface area contributed by atoms with Crippen LogP contribution >= 0.6 is 0 Å². The molecule has 0 radical (unpaired) electrons. The molecule has 1 aliphatic rings. The molecule has 1 aromatic carbocycles. The third-order valence-electron chi connectivity index (χ3n) is 5.10. The number of hydrogen-bond acceptors (Lipinski definition) is 2. The highest BCUT2D eigenvalue weighted by Gasteiger charge is 2.32. The second-order valence-corrected chi connectivity index (χ2v) is 7.01. The Morgan fingerprint density at radius 3 is 2.67 bits per heavy atom. The van der Waals surface area contributed by atoms with Crippen molar-refractivity contribution < 1.29 is 4.79 Å². The Morgan fingerprint density at radius 2 is 1.96 bits per heavy atom. The molecule has 24 heavy (non-hydrogen) atoms. The quantitative estimate of drug-likeness (QED) is 0.698. The van der Waals surface area contributed by atoms with Crippen LogP contribution in [0.4, 0.5) is 10.5 Å². The van der Waals surface area contributed by atoms with Gasteiger partial charge in [-0.15, -0.1) is 0 Å². The number of carbonyl (C=O) groups is 1. The average Bonchev–Trinajstić information content (AvgIpc) is 2.92. The number of urea groups is 1. The lowest BCUT2D eigenvalue weighted by molar-refractivity contribution is 0.179. The van der Waals surface area contributed by atoms with Crippen LogP contribution in [0.25, 0.3) is 0 Å². The van der Waals surface area contributed by atoms with Crippen molar-refractivity contribution in [2.24, 2.45) is 5.73 Å². The zero-order chi connectivity index (χ0) is 17.4. The van der Waals surface area contributed by atoms with E-state index in [2.05, 4.69) is 36.2 Å². The van der Waals surface area contributed by atoms with E-state index >= 15 is 0 Å². The van der Waals surface area contributed by atoms with E-state index in [1.165, 1.54) is 57.1 Å². The molecule has 2 amide bonds. The summed E-state index contributed by atoms with van der Waals surface area (Å²) in [7, 11) is 0. The van der Waals surface area contributed by atoms with Crippen LogP contribution in [0.5, 0.6) is 0 Å². The first kappa shape index (κ1) is 18.8. The van der Waals surface area contributed by atoms with Crippen molar-refractivity contribution >= 4 is 11.7 Å². The SMILES string of the molecule is CCCCC1CCC(Cc2cccc(NC(N)=O)c2)N1CCCC. The Labute approximate surface area is 146 Å². The van der Waals surface area contributed by atoms with E-state index < -0.39 is 6.03 Å². The molecule has 0 spiro atoms. The molecule has 4 nitrogen and oxygen atoms in total. The van der Waals surface area contributed by atoms with Crippen LogP contribution in [-0.4, -0.2) is 29.6 Å². The van der Waals surface area contributed by atoms with Crippen LogP contribution in [0, 0.1) is 0 Å². The molecular weight excluding hydrogens is 298 g/mol. The van der Waals surface area contributed by atoms with Crippen molar-refractivity contribution in [1.82, 2.24) is 4.90 Å². The molecule has 2 rings (SSSR count). The molecule has 0 saturated carbocycles. The molecule has 2 unspecified atom stereocenters. The summed E-state index contributed by atoms with van der Waals surface area (Å²) in [5.74, 6) is 0. The first-order valence-electron chi connectivity index (χ1n) is 9.55. The monoisotopic (exact) mass is 331 g/mol. The average molecular weight is 332 g/mol. The normalized spacial score (nSPS) is 21.1. The summed E-state index contributed by atoms with van der Waals surface area (Å²) in [5, 5.41) is 2.68. The summed E-state index contributed by atoms with van der Waals surface area (Å²) in [6.45, 7) is 5.76. The van der Waals surface area contributed by atoms with Gasteiger partial charge in [0.15, 0.2) is 0 Å². The van der Waals surface area contributed by atoms with E-state index in [0.717, 1.165) is 18.2 Å². The molecule has 1 heterocycles. The highest BCUT2D eigenvalue weighted by atomic mass is 16.2. The number of benzene rings is 1. The zero-order valence-electron chi connectivity index (χ0n) is 15.3. The molecule has 3 N–H and O–H groups in total. The molecule has 1 aliphatic heterocycles. The lowest BCUT2D eigenvalue weighted by Crippen LogP contribution is -2.38. The van der Waals surface area contributed by atoms with Gasteiger partial charge in [-0.05, 0) is 56.3 Å². The highest BCUT2D eigenvalue weighted by molar-refractivity contribution is 5.87. The smallest absolute Gasteiger partial charge is 0.316 e. The number of unbranched alkanes of at least 4 members (excludes halogenated alkanes) is 2. The van der Waals surface area contributed by atoms with Crippen LogP contribution < -0.4 is 11.1 Å². The molecule has 134 valence electrons. The second kappa shape index (κ2) is 9.67. The van der Waals surface area contributed by atoms with Gasteiger partial charge in [0.05, 0.1) is 0 Å². The fraction of sp³-hybridized carbons (Fsp3) is 0.650. The van der Waals surface area contributed by atoms with Crippen LogP contribution in [0.2, 0.25) is 0 Å². The molecule has 4 heteroatoms. The van der Waals surface area contributed by atoms with Crippen molar-refractivity contribution in [3.8, 4) is 0 Å². The van der Waals surface area contributed by atoms with Gasteiger partial charge in [-0.1, -0.05) is 45.2 Å². The molecule has 0 aromatic heterocycles. The van der Waals surface area contributed by atoms with Crippen LogP contribution in [0.1, 0.15) is 64.4 Å². The number of carbonyl (C=O) groups excluding carboxylic acids is 1. The molecule has 1 saturated heterocycles. The molecule has 1 fully saturated rings. The predicted octanol–water partition coefficient (Wildman–Crippen LogP) is 4.54. The topological polar surface area (TPSA) is 58.4 Å². The minimum absolute atomic E-state index is 0.503. The first-order valence-corrected chi connectivity index (χ1v) is 9.55. The summed E-state index contributed by atoms with van der Waals surface area (Å²) >= 11 is 0. The van der Waals surface area contributed by atoms with E-state index in [-0.39, 0.29) is 0 Å². The van der Waals surface area contributed by atoms with Gasteiger partial charge in [0.25, 0.3) is 0 Å². The van der Waals surface area contributed by atoms with Crippen LogP contribution in [-0.2, 0) is 6.42 Å². The molecule has 2 atom stereocenters. The third kappa shape index (κ3) is 5.52. The number of nitrogens with two attached hydrogens (primary N) is 1. The minimum Gasteiger partial charge on any atom is -0.351 e. The minimum atomic E-state index is -0.503. The van der Waals surface area contributed by atoms with E-state index in [1.807, 2.05) is 12.1 Å². The van der Waals surface area contributed by atoms with Gasteiger partial charge in [0, 0.05) is 17.8 Å². The summed E-state index contributed by atoms with van der Waals surface area (Å²) in [4.78, 5) is 13.8. The van der Waals surface area contributed by atoms with E-state index in [0.29, 0.717) is 6.04 Å². The van der Waals surface area contributed by atoms with Gasteiger partial charge in [0.2, 0.25) is 0 Å². The number of hydrogen-bond donors (Lipinski definition) is 2. The van der Waals surface area contributed by atoms with Crippen molar-refractivity contribution in [2.75, 3.05) is 11.9 Å². The van der Waals surface area contributed by atoms with Gasteiger partial charge < -0.3 is 11.1 Å². The number of amides is 2. The van der Waals surface area contributed by atoms with Gasteiger partial charge in [0.1, 0.15) is 0 Å². The zero-order valence-corrected chi connectivity index (χ0v) is 15.3. The standard InChI is InChI=1S/C20H33N3O/c1-3-5-10-18-11-12-19(23(18)13-6-4-2)15-16-8-7-9-17(14-16)22-20(21)24/h7-9,14,18-19H,3-6,10-13,15H2,1-2H3,(H3,21,22,24). The fourth-order valence-electron chi connectivity index (χ4n) is 3.88. The van der Waals surface area contributed by atoms with Crippen molar-refractivity contribution in [3.63, 3.8) is 0 Å². The van der Waals surface area contributed by atoms with E-state index in [9.17, 15) is 4.79 Å². The number of nitrogens with zero attached hydrogens (tertiary/aromatic N) is 1. The lowest BCUT2D eigenvalue weighted by atomic mass is 10.0. The summed E-state index contributed by atoms with van der Waals surface area (Å²) in [6, 6.07) is 8.99. The van der Waals surface area contributed by atoms with Gasteiger partial charge >= 0.3 is 6.03 Å². The van der Waals surface area contributed by atoms with Crippen LogP contribution in [0.3, 0.4) is 0 Å². The largest absolute Gasteiger partial charge is 0.351 e. The van der Waals surface area contributed by atoms with Gasteiger partial charge in [-0.3, -0.25) is 4.90 Å². The summed E-state index contributed by atoms with van der Waals surface area (Å²) < 4.78 is 0. The fourth-order valence-corrected chi connectivity index (χ4v) is 3.88. The molecule has 0 aliphatic carbocycles. The van der Waals surface area contributed by atoms with Crippen molar-refractivity contribution in [3.05, 3.63) is 29.8 Å². The maximum absolute atomic E-state index is 11.0. The third-order valence-corrected chi connectivity index (χ3v) is 5.10. The number of likely N-dealkylation sites (tertiary alicyclic amines) is 1. The first-order chi connectivity index (χ1) is 11.6. The Balaban J connectivity index is 2.02. The summed E-state index contributed by atoms with van der Waals surface area (Å²) in [6.07, 6.45) is 10.1. The van der Waals surface area contributed by atoms with Gasteiger partial charge in [-0.25, -0.2) is 4.79 Å². The molecular formula is C20H33N3O. The van der Waals surface area contributed by atoms with Crippen molar-refractivity contribution in [2.45, 2.75) is 77.3 Å². The number of primary amides is 1. The number of nitrogens with one attached hydrogen (secondary N) is 1. The van der Waals surface area contributed by atoms with Crippen LogP contribution in [0.15, 0.2) is 24.3 Å². The Kier molecular flexibility index (Phi) is 7.57. The molecule has 1 aromatic rings. The number of anilines is 1. The van der Waals surface area contributed by atoms with Gasteiger partial charge in [-0.2, -0.15) is 0 Å².